The lowest BCUT2D eigenvalue weighted by Crippen LogP contribution is -1.95. The van der Waals surface area contributed by atoms with Crippen LogP contribution in [0.15, 0.2) is 109 Å². The second-order valence-electron chi connectivity index (χ2n) is 8.63. The van der Waals surface area contributed by atoms with Gasteiger partial charge in [0.2, 0.25) is 0 Å². The number of hydrogen-bond acceptors (Lipinski definition) is 3. The fraction of sp³-hybridized carbons (Fsp3) is 0.0303. The molecule has 176 valence electrons. The lowest BCUT2D eigenvalue weighted by molar-refractivity contribution is 0.484. The van der Waals surface area contributed by atoms with Crippen molar-refractivity contribution in [3.05, 3.63) is 132 Å². The van der Waals surface area contributed by atoms with Crippen LogP contribution in [0.1, 0.15) is 16.7 Å². The van der Waals surface area contributed by atoms with Crippen molar-refractivity contribution in [1.82, 2.24) is 0 Å². The summed E-state index contributed by atoms with van der Waals surface area (Å²) < 4.78 is 21.5. The lowest BCUT2D eigenvalue weighted by Gasteiger charge is -2.17. The number of halogens is 1. The van der Waals surface area contributed by atoms with Crippen molar-refractivity contribution in [3.63, 3.8) is 0 Å². The zero-order valence-electron chi connectivity index (χ0n) is 20.1. The van der Waals surface area contributed by atoms with Crippen LogP contribution in [0.25, 0.3) is 33.4 Å². The molecule has 5 aromatic carbocycles. The van der Waals surface area contributed by atoms with Gasteiger partial charge in [-0.15, -0.1) is 0 Å². The highest BCUT2D eigenvalue weighted by Gasteiger charge is 2.17. The maximum atomic E-state index is 15.2. The SMILES string of the molecule is Cc1ccc(-c2ccccc2)cc1-c1ccc(-c2cc(C#N)cc(C#N)c2F)cc1Oc1ccccc1. The Morgan fingerprint density at radius 3 is 2.03 bits per heavy atom. The van der Waals surface area contributed by atoms with Crippen LogP contribution in [-0.4, -0.2) is 0 Å². The monoisotopic (exact) mass is 480 g/mol. The maximum Gasteiger partial charge on any atom is 0.148 e. The molecular formula is C33H21FN2O. The first-order valence-electron chi connectivity index (χ1n) is 11.7. The standard InChI is InChI=1S/C33H21FN2O/c1-22-12-13-25(24-8-4-2-5-9-24)18-30(22)29-15-14-26(19-32(29)37-28-10-6-3-7-11-28)31-17-23(20-35)16-27(21-36)33(31)34/h2-19H,1H3. The van der Waals surface area contributed by atoms with E-state index in [1.807, 2.05) is 73.7 Å². The summed E-state index contributed by atoms with van der Waals surface area (Å²) in [6.07, 6.45) is 0. The molecule has 0 N–H and O–H groups in total. The largest absolute Gasteiger partial charge is 0.457 e. The molecule has 3 nitrogen and oxygen atoms in total. The van der Waals surface area contributed by atoms with Crippen LogP contribution in [-0.2, 0) is 0 Å². The van der Waals surface area contributed by atoms with Gasteiger partial charge < -0.3 is 4.74 Å². The number of nitrogens with zero attached hydrogens (tertiary/aromatic N) is 2. The molecular weight excluding hydrogens is 459 g/mol. The Morgan fingerprint density at radius 1 is 0.622 bits per heavy atom. The van der Waals surface area contributed by atoms with E-state index in [0.29, 0.717) is 17.1 Å². The molecule has 37 heavy (non-hydrogen) atoms. The molecule has 0 saturated heterocycles. The summed E-state index contributed by atoms with van der Waals surface area (Å²) in [5.41, 5.74) is 5.81. The van der Waals surface area contributed by atoms with Gasteiger partial charge in [0.25, 0.3) is 0 Å². The van der Waals surface area contributed by atoms with Crippen molar-refractivity contribution in [2.45, 2.75) is 6.92 Å². The van der Waals surface area contributed by atoms with Crippen LogP contribution in [0.3, 0.4) is 0 Å². The molecule has 0 unspecified atom stereocenters. The van der Waals surface area contributed by atoms with Crippen molar-refractivity contribution < 1.29 is 9.13 Å². The Morgan fingerprint density at radius 2 is 1.32 bits per heavy atom. The predicted octanol–water partition coefficient (Wildman–Crippen LogP) is 8.67. The fourth-order valence-corrected chi connectivity index (χ4v) is 4.32. The van der Waals surface area contributed by atoms with Crippen molar-refractivity contribution in [1.29, 1.82) is 10.5 Å². The van der Waals surface area contributed by atoms with Gasteiger partial charge in [0.15, 0.2) is 0 Å². The lowest BCUT2D eigenvalue weighted by atomic mass is 9.92. The smallest absolute Gasteiger partial charge is 0.148 e. The van der Waals surface area contributed by atoms with E-state index in [2.05, 4.69) is 30.3 Å². The van der Waals surface area contributed by atoms with E-state index in [1.165, 1.54) is 12.1 Å². The molecule has 0 fully saturated rings. The number of ether oxygens (including phenoxy) is 1. The zero-order valence-corrected chi connectivity index (χ0v) is 20.1. The summed E-state index contributed by atoms with van der Waals surface area (Å²) in [6.45, 7) is 2.04. The minimum atomic E-state index is -0.665. The molecule has 0 aliphatic rings. The van der Waals surface area contributed by atoms with Crippen molar-refractivity contribution in [3.8, 4) is 57.0 Å². The van der Waals surface area contributed by atoms with Gasteiger partial charge in [-0.1, -0.05) is 72.8 Å². The normalized spacial score (nSPS) is 10.4. The average molecular weight is 481 g/mol. The van der Waals surface area contributed by atoms with Gasteiger partial charge in [-0.25, -0.2) is 4.39 Å². The molecule has 0 aliphatic carbocycles. The summed E-state index contributed by atoms with van der Waals surface area (Å²) >= 11 is 0. The summed E-state index contributed by atoms with van der Waals surface area (Å²) in [7, 11) is 0. The van der Waals surface area contributed by atoms with Crippen molar-refractivity contribution in [2.24, 2.45) is 0 Å². The number of nitriles is 2. The Bertz CT molecular complexity index is 1680. The summed E-state index contributed by atoms with van der Waals surface area (Å²) in [5.74, 6) is 0.515. The fourth-order valence-electron chi connectivity index (χ4n) is 4.32. The van der Waals surface area contributed by atoms with Crippen LogP contribution in [0.2, 0.25) is 0 Å². The highest BCUT2D eigenvalue weighted by Crippen LogP contribution is 2.40. The third-order valence-corrected chi connectivity index (χ3v) is 6.22. The third kappa shape index (κ3) is 4.82. The third-order valence-electron chi connectivity index (χ3n) is 6.22. The number of hydrogen-bond donors (Lipinski definition) is 0. The van der Waals surface area contributed by atoms with E-state index >= 15 is 4.39 Å². The zero-order chi connectivity index (χ0) is 25.8. The summed E-state index contributed by atoms with van der Waals surface area (Å²) in [5, 5.41) is 18.8. The van der Waals surface area contributed by atoms with E-state index in [-0.39, 0.29) is 16.7 Å². The van der Waals surface area contributed by atoms with Crippen LogP contribution in [0.4, 0.5) is 4.39 Å². The molecule has 5 aromatic rings. The summed E-state index contributed by atoms with van der Waals surface area (Å²) in [6, 6.07) is 37.8. The minimum absolute atomic E-state index is 0.171. The van der Waals surface area contributed by atoms with Gasteiger partial charge in [-0.3, -0.25) is 0 Å². The number of aryl methyl sites for hydroxylation is 1. The second-order valence-corrected chi connectivity index (χ2v) is 8.63. The van der Waals surface area contributed by atoms with Crippen LogP contribution in [0, 0.1) is 35.4 Å². The molecule has 5 rings (SSSR count). The topological polar surface area (TPSA) is 56.8 Å². The molecule has 0 atom stereocenters. The maximum absolute atomic E-state index is 15.2. The van der Waals surface area contributed by atoms with Gasteiger partial charge in [-0.2, -0.15) is 10.5 Å². The summed E-state index contributed by atoms with van der Waals surface area (Å²) in [4.78, 5) is 0. The van der Waals surface area contributed by atoms with Gasteiger partial charge in [0.1, 0.15) is 23.4 Å². The van der Waals surface area contributed by atoms with E-state index in [0.717, 1.165) is 27.8 Å². The first-order valence-corrected chi connectivity index (χ1v) is 11.7. The quantitative estimate of drug-likeness (QED) is 0.253. The molecule has 4 heteroatoms. The van der Waals surface area contributed by atoms with Crippen LogP contribution < -0.4 is 4.74 Å². The molecule has 0 amide bonds. The number of rotatable bonds is 5. The molecule has 0 aromatic heterocycles. The molecule has 0 spiro atoms. The number of benzene rings is 5. The van der Waals surface area contributed by atoms with E-state index in [4.69, 9.17) is 4.74 Å². The van der Waals surface area contributed by atoms with Gasteiger partial charge in [-0.05, 0) is 71.1 Å². The van der Waals surface area contributed by atoms with Crippen LogP contribution in [0.5, 0.6) is 11.5 Å². The van der Waals surface area contributed by atoms with Crippen molar-refractivity contribution in [2.75, 3.05) is 0 Å². The van der Waals surface area contributed by atoms with Gasteiger partial charge >= 0.3 is 0 Å². The number of para-hydroxylation sites is 1. The Balaban J connectivity index is 1.70. The molecule has 0 bridgehead atoms. The van der Waals surface area contributed by atoms with Gasteiger partial charge in [0.05, 0.1) is 17.2 Å². The van der Waals surface area contributed by atoms with Gasteiger partial charge in [0, 0.05) is 11.1 Å². The van der Waals surface area contributed by atoms with E-state index in [1.54, 1.807) is 12.1 Å². The molecule has 0 heterocycles. The highest BCUT2D eigenvalue weighted by molar-refractivity contribution is 5.82. The minimum Gasteiger partial charge on any atom is -0.457 e. The second kappa shape index (κ2) is 10.2. The molecule has 0 aliphatic heterocycles. The molecule has 0 radical (unpaired) electrons. The van der Waals surface area contributed by atoms with E-state index < -0.39 is 5.82 Å². The van der Waals surface area contributed by atoms with Crippen LogP contribution >= 0.6 is 0 Å². The Hall–Kier alpha value is -5.19. The highest BCUT2D eigenvalue weighted by atomic mass is 19.1. The van der Waals surface area contributed by atoms with Crippen molar-refractivity contribution >= 4 is 0 Å². The Kier molecular flexibility index (Phi) is 6.49. The van der Waals surface area contributed by atoms with E-state index in [9.17, 15) is 10.5 Å². The Labute approximate surface area is 215 Å². The predicted molar refractivity (Wildman–Crippen MR) is 143 cm³/mol. The first kappa shape index (κ1) is 23.5. The first-order chi connectivity index (χ1) is 18.1. The average Bonchev–Trinajstić information content (AvgIpc) is 2.94. The molecule has 0 saturated carbocycles.